The van der Waals surface area contributed by atoms with Gasteiger partial charge in [-0.3, -0.25) is 4.79 Å². The average molecular weight is 392 g/mol. The summed E-state index contributed by atoms with van der Waals surface area (Å²) in [5, 5.41) is 3.66. The van der Waals surface area contributed by atoms with Gasteiger partial charge in [-0.2, -0.15) is 11.8 Å². The smallest absolute Gasteiger partial charge is 0.261 e. The van der Waals surface area contributed by atoms with Crippen LogP contribution >= 0.6 is 23.4 Å². The summed E-state index contributed by atoms with van der Waals surface area (Å²) in [5.74, 6) is 2.43. The number of halogens is 1. The summed E-state index contributed by atoms with van der Waals surface area (Å²) in [6, 6.07) is 13.8. The Balaban J connectivity index is 1.74. The van der Waals surface area contributed by atoms with Crippen LogP contribution in [0.25, 0.3) is 0 Å². The van der Waals surface area contributed by atoms with E-state index in [0.29, 0.717) is 23.7 Å². The molecule has 0 aliphatic carbocycles. The van der Waals surface area contributed by atoms with Crippen LogP contribution in [0.2, 0.25) is 5.02 Å². The summed E-state index contributed by atoms with van der Waals surface area (Å²) in [7, 11) is 0. The van der Waals surface area contributed by atoms with Gasteiger partial charge in [-0.05, 0) is 55.2 Å². The fraction of sp³-hybridized carbons (Fsp3) is 0.381. The standard InChI is InChI=1S/C21H26ClNO2S/c1-4-20(25-18-9-10-19(22)16(3)13-18)21(24)23-11-12-26-14-17-8-6-5-7-15(17)2/h5-10,13,20H,4,11-12,14H2,1-3H3,(H,23,24)/t20-/m1/s1. The van der Waals surface area contributed by atoms with Crippen LogP contribution in [0.1, 0.15) is 30.0 Å². The third-order valence-electron chi connectivity index (χ3n) is 4.14. The highest BCUT2D eigenvalue weighted by Gasteiger charge is 2.18. The Bertz CT molecular complexity index is 736. The number of amides is 1. The molecule has 3 nitrogen and oxygen atoms in total. The molecule has 2 aromatic rings. The van der Waals surface area contributed by atoms with Crippen molar-refractivity contribution in [2.24, 2.45) is 0 Å². The van der Waals surface area contributed by atoms with Gasteiger partial charge in [-0.15, -0.1) is 0 Å². The number of carbonyl (C=O) groups excluding carboxylic acids is 1. The highest BCUT2D eigenvalue weighted by Crippen LogP contribution is 2.22. The van der Waals surface area contributed by atoms with E-state index in [0.717, 1.165) is 17.1 Å². The van der Waals surface area contributed by atoms with Gasteiger partial charge in [0.2, 0.25) is 0 Å². The molecule has 1 N–H and O–H groups in total. The van der Waals surface area contributed by atoms with Crippen molar-refractivity contribution in [3.63, 3.8) is 0 Å². The van der Waals surface area contributed by atoms with Gasteiger partial charge in [-0.1, -0.05) is 42.8 Å². The monoisotopic (exact) mass is 391 g/mol. The Morgan fingerprint density at radius 1 is 1.19 bits per heavy atom. The third kappa shape index (κ3) is 6.26. The second-order valence-corrected chi connectivity index (χ2v) is 7.71. The van der Waals surface area contributed by atoms with Crippen molar-refractivity contribution in [2.45, 2.75) is 39.0 Å². The molecule has 0 saturated carbocycles. The SMILES string of the molecule is CC[C@@H](Oc1ccc(Cl)c(C)c1)C(=O)NCCSCc1ccccc1C. The van der Waals surface area contributed by atoms with E-state index in [1.807, 2.05) is 31.7 Å². The van der Waals surface area contributed by atoms with Gasteiger partial charge in [0.15, 0.2) is 6.10 Å². The maximum atomic E-state index is 12.3. The first-order valence-electron chi connectivity index (χ1n) is 8.84. The van der Waals surface area contributed by atoms with Crippen LogP contribution in [0.3, 0.4) is 0 Å². The molecular weight excluding hydrogens is 366 g/mol. The topological polar surface area (TPSA) is 38.3 Å². The summed E-state index contributed by atoms with van der Waals surface area (Å²) in [6.45, 7) is 6.62. The molecule has 0 bridgehead atoms. The molecule has 2 rings (SSSR count). The molecule has 0 fully saturated rings. The van der Waals surface area contributed by atoms with Crippen molar-refractivity contribution in [3.05, 3.63) is 64.2 Å². The Labute approximate surface area is 165 Å². The van der Waals surface area contributed by atoms with Crippen LogP contribution in [0.5, 0.6) is 5.75 Å². The van der Waals surface area contributed by atoms with Crippen molar-refractivity contribution in [1.82, 2.24) is 5.32 Å². The minimum absolute atomic E-state index is 0.0726. The van der Waals surface area contributed by atoms with E-state index in [-0.39, 0.29) is 5.91 Å². The molecular formula is C21H26ClNO2S. The molecule has 1 amide bonds. The van der Waals surface area contributed by atoms with Crippen LogP contribution in [0, 0.1) is 13.8 Å². The molecule has 0 aliphatic heterocycles. The Morgan fingerprint density at radius 3 is 2.65 bits per heavy atom. The fourth-order valence-corrected chi connectivity index (χ4v) is 3.54. The summed E-state index contributed by atoms with van der Waals surface area (Å²) < 4.78 is 5.83. The number of benzene rings is 2. The minimum atomic E-state index is -0.489. The molecule has 0 aromatic heterocycles. The van der Waals surface area contributed by atoms with Crippen LogP contribution < -0.4 is 10.1 Å². The van der Waals surface area contributed by atoms with Crippen molar-refractivity contribution >= 4 is 29.3 Å². The van der Waals surface area contributed by atoms with E-state index in [1.54, 1.807) is 12.1 Å². The maximum Gasteiger partial charge on any atom is 0.261 e. The first kappa shape index (κ1) is 20.7. The predicted octanol–water partition coefficient (Wildman–Crippen LogP) is 5.16. The van der Waals surface area contributed by atoms with Gasteiger partial charge in [-0.25, -0.2) is 0 Å². The van der Waals surface area contributed by atoms with Gasteiger partial charge in [0, 0.05) is 23.1 Å². The number of rotatable bonds is 9. The van der Waals surface area contributed by atoms with Crippen LogP contribution in [-0.4, -0.2) is 24.3 Å². The van der Waals surface area contributed by atoms with Gasteiger partial charge in [0.25, 0.3) is 5.91 Å². The maximum absolute atomic E-state index is 12.3. The number of aryl methyl sites for hydroxylation is 2. The minimum Gasteiger partial charge on any atom is -0.481 e. The summed E-state index contributed by atoms with van der Waals surface area (Å²) in [5.41, 5.74) is 3.59. The normalized spacial score (nSPS) is 11.8. The molecule has 0 heterocycles. The molecule has 0 aliphatic rings. The Hall–Kier alpha value is -1.65. The van der Waals surface area contributed by atoms with Crippen molar-refractivity contribution in [3.8, 4) is 5.75 Å². The van der Waals surface area contributed by atoms with Gasteiger partial charge < -0.3 is 10.1 Å². The second kappa shape index (κ2) is 10.5. The summed E-state index contributed by atoms with van der Waals surface area (Å²) in [6.07, 6.45) is 0.126. The number of carbonyl (C=O) groups is 1. The average Bonchev–Trinajstić information content (AvgIpc) is 2.63. The number of thioether (sulfide) groups is 1. The van der Waals surface area contributed by atoms with E-state index in [1.165, 1.54) is 11.1 Å². The zero-order chi connectivity index (χ0) is 18.9. The molecule has 0 radical (unpaired) electrons. The lowest BCUT2D eigenvalue weighted by molar-refractivity contribution is -0.127. The van der Waals surface area contributed by atoms with E-state index in [9.17, 15) is 4.79 Å². The van der Waals surface area contributed by atoms with Crippen molar-refractivity contribution in [1.29, 1.82) is 0 Å². The molecule has 2 aromatic carbocycles. The molecule has 0 saturated heterocycles. The number of ether oxygens (including phenoxy) is 1. The highest BCUT2D eigenvalue weighted by atomic mass is 35.5. The lowest BCUT2D eigenvalue weighted by atomic mass is 10.1. The van der Waals surface area contributed by atoms with E-state index < -0.39 is 6.10 Å². The van der Waals surface area contributed by atoms with Crippen molar-refractivity contribution < 1.29 is 9.53 Å². The molecule has 5 heteroatoms. The first-order valence-corrected chi connectivity index (χ1v) is 10.4. The largest absolute Gasteiger partial charge is 0.481 e. The second-order valence-electron chi connectivity index (χ2n) is 6.20. The van der Waals surface area contributed by atoms with E-state index >= 15 is 0 Å². The highest BCUT2D eigenvalue weighted by molar-refractivity contribution is 7.98. The molecule has 0 spiro atoms. The number of hydrogen-bond donors (Lipinski definition) is 1. The molecule has 26 heavy (non-hydrogen) atoms. The lowest BCUT2D eigenvalue weighted by Crippen LogP contribution is -2.39. The molecule has 1 atom stereocenters. The van der Waals surface area contributed by atoms with Gasteiger partial charge in [0.1, 0.15) is 5.75 Å². The number of hydrogen-bond acceptors (Lipinski definition) is 3. The first-order chi connectivity index (χ1) is 12.5. The van der Waals surface area contributed by atoms with E-state index in [4.69, 9.17) is 16.3 Å². The zero-order valence-corrected chi connectivity index (χ0v) is 17.1. The third-order valence-corrected chi connectivity index (χ3v) is 5.57. The quantitative estimate of drug-likeness (QED) is 0.599. The van der Waals surface area contributed by atoms with E-state index in [2.05, 4.69) is 36.5 Å². The van der Waals surface area contributed by atoms with Gasteiger partial charge in [0.05, 0.1) is 0 Å². The lowest BCUT2D eigenvalue weighted by Gasteiger charge is -2.18. The van der Waals surface area contributed by atoms with Crippen LogP contribution in [0.15, 0.2) is 42.5 Å². The van der Waals surface area contributed by atoms with Crippen LogP contribution in [0.4, 0.5) is 0 Å². The fourth-order valence-electron chi connectivity index (χ4n) is 2.49. The van der Waals surface area contributed by atoms with Gasteiger partial charge >= 0.3 is 0 Å². The zero-order valence-electron chi connectivity index (χ0n) is 15.5. The Morgan fingerprint density at radius 2 is 1.96 bits per heavy atom. The summed E-state index contributed by atoms with van der Waals surface area (Å²) >= 11 is 7.85. The number of nitrogens with one attached hydrogen (secondary N) is 1. The van der Waals surface area contributed by atoms with Crippen molar-refractivity contribution in [2.75, 3.05) is 12.3 Å². The molecule has 0 unspecified atom stereocenters. The van der Waals surface area contributed by atoms with Crippen LogP contribution in [-0.2, 0) is 10.5 Å². The predicted molar refractivity (Wildman–Crippen MR) is 111 cm³/mol. The Kier molecular flexibility index (Phi) is 8.33. The molecule has 140 valence electrons. The summed E-state index contributed by atoms with van der Waals surface area (Å²) in [4.78, 5) is 12.3.